The monoisotopic (exact) mass is 498 g/mol. The number of hydrogen-bond acceptors (Lipinski definition) is 4. The highest BCUT2D eigenvalue weighted by molar-refractivity contribution is 6.30. The van der Waals surface area contributed by atoms with Gasteiger partial charge in [0.1, 0.15) is 11.1 Å². The molecule has 2 aliphatic heterocycles. The van der Waals surface area contributed by atoms with E-state index in [1.165, 1.54) is 0 Å². The van der Waals surface area contributed by atoms with Gasteiger partial charge in [-0.1, -0.05) is 44.4 Å². The standard InChI is InChI=1S/C27H35ClN4O3/c1-20(2)17-29-18-23(26(34)31-10-5-3-4-6-11-31)25(33)24(19-29)27(35)32-14-12-30(13-15-32)22-9-7-8-21(28)16-22/h7-9,16,18-20H,3-6,10-15,17H2,1-2H3. The Morgan fingerprint density at radius 1 is 0.857 bits per heavy atom. The summed E-state index contributed by atoms with van der Waals surface area (Å²) in [5.74, 6) is -0.249. The zero-order valence-electron chi connectivity index (χ0n) is 20.7. The van der Waals surface area contributed by atoms with E-state index in [9.17, 15) is 14.4 Å². The van der Waals surface area contributed by atoms with Gasteiger partial charge in [-0.25, -0.2) is 0 Å². The number of nitrogens with zero attached hydrogens (tertiary/aromatic N) is 4. The van der Waals surface area contributed by atoms with Gasteiger partial charge in [0.05, 0.1) is 0 Å². The van der Waals surface area contributed by atoms with Gasteiger partial charge in [-0.2, -0.15) is 0 Å². The van der Waals surface area contributed by atoms with Crippen molar-refractivity contribution < 1.29 is 9.59 Å². The quantitative estimate of drug-likeness (QED) is 0.621. The third-order valence-electron chi connectivity index (χ3n) is 6.75. The second-order valence-corrected chi connectivity index (χ2v) is 10.4. The van der Waals surface area contributed by atoms with E-state index in [1.807, 2.05) is 28.8 Å². The molecule has 0 radical (unpaired) electrons. The Balaban J connectivity index is 1.57. The Morgan fingerprint density at radius 3 is 1.97 bits per heavy atom. The summed E-state index contributed by atoms with van der Waals surface area (Å²) in [6.07, 6.45) is 7.36. The molecule has 1 aromatic carbocycles. The highest BCUT2D eigenvalue weighted by Gasteiger charge is 2.28. The van der Waals surface area contributed by atoms with Crippen molar-refractivity contribution in [3.05, 3.63) is 63.0 Å². The molecular weight excluding hydrogens is 464 g/mol. The highest BCUT2D eigenvalue weighted by atomic mass is 35.5. The summed E-state index contributed by atoms with van der Waals surface area (Å²) < 4.78 is 1.84. The van der Waals surface area contributed by atoms with Crippen molar-refractivity contribution in [3.8, 4) is 0 Å². The van der Waals surface area contributed by atoms with Crippen LogP contribution in [0.5, 0.6) is 0 Å². The number of benzene rings is 1. The Morgan fingerprint density at radius 2 is 1.43 bits per heavy atom. The van der Waals surface area contributed by atoms with E-state index in [0.717, 1.165) is 31.4 Å². The Hall–Kier alpha value is -2.80. The summed E-state index contributed by atoms with van der Waals surface area (Å²) >= 11 is 6.14. The minimum Gasteiger partial charge on any atom is -0.368 e. The van der Waals surface area contributed by atoms with Gasteiger partial charge in [0.15, 0.2) is 0 Å². The molecule has 3 heterocycles. The normalized spacial score (nSPS) is 17.0. The number of carbonyl (C=O) groups is 2. The fraction of sp³-hybridized carbons (Fsp3) is 0.519. The first-order chi connectivity index (χ1) is 16.8. The van der Waals surface area contributed by atoms with Gasteiger partial charge in [-0.3, -0.25) is 14.4 Å². The maximum atomic E-state index is 13.5. The fourth-order valence-electron chi connectivity index (χ4n) is 4.92. The third kappa shape index (κ3) is 6.07. The van der Waals surface area contributed by atoms with Gasteiger partial charge in [0, 0.05) is 68.9 Å². The predicted molar refractivity (Wildman–Crippen MR) is 139 cm³/mol. The number of hydrogen-bond donors (Lipinski definition) is 0. The molecule has 188 valence electrons. The molecule has 0 aliphatic carbocycles. The van der Waals surface area contributed by atoms with Crippen molar-refractivity contribution in [2.75, 3.05) is 44.2 Å². The van der Waals surface area contributed by atoms with Crippen LogP contribution in [-0.4, -0.2) is 65.4 Å². The molecule has 0 spiro atoms. The molecule has 2 amide bonds. The number of anilines is 1. The number of halogens is 1. The number of carbonyl (C=O) groups excluding carboxylic acids is 2. The molecule has 8 heteroatoms. The van der Waals surface area contributed by atoms with Crippen LogP contribution < -0.4 is 10.3 Å². The van der Waals surface area contributed by atoms with Gasteiger partial charge < -0.3 is 19.3 Å². The van der Waals surface area contributed by atoms with Gasteiger partial charge in [0.2, 0.25) is 5.43 Å². The number of pyridine rings is 1. The van der Waals surface area contributed by atoms with Gasteiger partial charge >= 0.3 is 0 Å². The van der Waals surface area contributed by atoms with Gasteiger partial charge in [-0.15, -0.1) is 0 Å². The van der Waals surface area contributed by atoms with E-state index in [1.54, 1.807) is 22.2 Å². The van der Waals surface area contributed by atoms with Crippen LogP contribution in [0.2, 0.25) is 5.02 Å². The van der Waals surface area contributed by atoms with Crippen LogP contribution in [0.25, 0.3) is 0 Å². The van der Waals surface area contributed by atoms with Crippen LogP contribution in [0, 0.1) is 5.92 Å². The highest BCUT2D eigenvalue weighted by Crippen LogP contribution is 2.21. The van der Waals surface area contributed by atoms with Crippen LogP contribution in [-0.2, 0) is 6.54 Å². The van der Waals surface area contributed by atoms with Crippen molar-refractivity contribution in [2.45, 2.75) is 46.1 Å². The van der Waals surface area contributed by atoms with E-state index in [-0.39, 0.29) is 22.9 Å². The molecular formula is C27H35ClN4O3. The predicted octanol–water partition coefficient (Wildman–Crippen LogP) is 4.14. The summed E-state index contributed by atoms with van der Waals surface area (Å²) in [5, 5.41) is 0.678. The molecule has 0 saturated carbocycles. The molecule has 0 bridgehead atoms. The first kappa shape index (κ1) is 25.3. The average molecular weight is 499 g/mol. The first-order valence-corrected chi connectivity index (χ1v) is 13.0. The molecule has 0 N–H and O–H groups in total. The summed E-state index contributed by atoms with van der Waals surface area (Å²) in [4.78, 5) is 46.0. The van der Waals surface area contributed by atoms with Crippen LogP contribution in [0.15, 0.2) is 41.5 Å². The molecule has 2 fully saturated rings. The zero-order valence-corrected chi connectivity index (χ0v) is 21.5. The van der Waals surface area contributed by atoms with E-state index in [2.05, 4.69) is 18.7 Å². The van der Waals surface area contributed by atoms with Crippen molar-refractivity contribution in [2.24, 2.45) is 5.92 Å². The van der Waals surface area contributed by atoms with Crippen molar-refractivity contribution >= 4 is 29.1 Å². The smallest absolute Gasteiger partial charge is 0.259 e. The lowest BCUT2D eigenvalue weighted by Crippen LogP contribution is -2.50. The van der Waals surface area contributed by atoms with Gasteiger partial charge in [0.25, 0.3) is 11.8 Å². The zero-order chi connectivity index (χ0) is 24.9. The molecule has 2 aliphatic rings. The Labute approximate surface area is 212 Å². The first-order valence-electron chi connectivity index (χ1n) is 12.7. The lowest BCUT2D eigenvalue weighted by atomic mass is 10.1. The molecule has 35 heavy (non-hydrogen) atoms. The molecule has 2 aromatic rings. The number of likely N-dealkylation sites (tertiary alicyclic amines) is 1. The lowest BCUT2D eigenvalue weighted by molar-refractivity contribution is 0.0743. The van der Waals surface area contributed by atoms with Gasteiger partial charge in [-0.05, 0) is 37.0 Å². The second-order valence-electron chi connectivity index (χ2n) is 9.97. The molecule has 7 nitrogen and oxygen atoms in total. The van der Waals surface area contributed by atoms with Crippen LogP contribution in [0.3, 0.4) is 0 Å². The Bertz CT molecular complexity index is 1110. The van der Waals surface area contributed by atoms with Crippen molar-refractivity contribution in [1.82, 2.24) is 14.4 Å². The maximum absolute atomic E-state index is 13.5. The van der Waals surface area contributed by atoms with E-state index in [4.69, 9.17) is 11.6 Å². The minimum absolute atomic E-state index is 0.0857. The van der Waals surface area contributed by atoms with Crippen molar-refractivity contribution in [3.63, 3.8) is 0 Å². The lowest BCUT2D eigenvalue weighted by Gasteiger charge is -2.36. The van der Waals surface area contributed by atoms with E-state index >= 15 is 0 Å². The van der Waals surface area contributed by atoms with E-state index < -0.39 is 5.43 Å². The SMILES string of the molecule is CC(C)Cn1cc(C(=O)N2CCCCCC2)c(=O)c(C(=O)N2CCN(c3cccc(Cl)c3)CC2)c1. The Kier molecular flexibility index (Phi) is 8.16. The summed E-state index contributed by atoms with van der Waals surface area (Å²) in [5.41, 5.74) is 0.758. The summed E-state index contributed by atoms with van der Waals surface area (Å²) in [6.45, 7) is 8.40. The van der Waals surface area contributed by atoms with Crippen LogP contribution in [0.4, 0.5) is 5.69 Å². The topological polar surface area (TPSA) is 65.9 Å². The molecule has 1 aromatic heterocycles. The molecule has 2 saturated heterocycles. The third-order valence-corrected chi connectivity index (χ3v) is 6.98. The van der Waals surface area contributed by atoms with E-state index in [0.29, 0.717) is 56.8 Å². The second kappa shape index (κ2) is 11.3. The number of amides is 2. The largest absolute Gasteiger partial charge is 0.368 e. The number of rotatable bonds is 5. The summed E-state index contributed by atoms with van der Waals surface area (Å²) in [6, 6.07) is 7.68. The van der Waals surface area contributed by atoms with Crippen LogP contribution in [0.1, 0.15) is 60.2 Å². The number of piperazine rings is 1. The van der Waals surface area contributed by atoms with Crippen LogP contribution >= 0.6 is 11.6 Å². The molecule has 0 atom stereocenters. The average Bonchev–Trinajstić information content (AvgIpc) is 3.14. The summed E-state index contributed by atoms with van der Waals surface area (Å²) in [7, 11) is 0. The molecule has 4 rings (SSSR count). The molecule has 0 unspecified atom stereocenters. The fourth-order valence-corrected chi connectivity index (χ4v) is 5.10. The minimum atomic E-state index is -0.457. The number of aromatic nitrogens is 1. The maximum Gasteiger partial charge on any atom is 0.259 e. The van der Waals surface area contributed by atoms with Crippen molar-refractivity contribution in [1.29, 1.82) is 0 Å².